The van der Waals surface area contributed by atoms with E-state index < -0.39 is 29.7 Å². The minimum absolute atomic E-state index is 0.389. The number of carboxylic acid groups (broad SMARTS) is 1. The summed E-state index contributed by atoms with van der Waals surface area (Å²) in [6.45, 7) is 1.72. The van der Waals surface area contributed by atoms with Crippen molar-refractivity contribution in [2.45, 2.75) is 12.4 Å². The van der Waals surface area contributed by atoms with E-state index in [-0.39, 0.29) is 0 Å². The van der Waals surface area contributed by atoms with Gasteiger partial charge in [-0.25, -0.2) is 9.18 Å². The predicted octanol–water partition coefficient (Wildman–Crippen LogP) is 3.71. The first-order valence-corrected chi connectivity index (χ1v) is 6.47. The molecular formula is C14H12F7NO2. The Kier molecular flexibility index (Phi) is 6.35. The number of aliphatic carboxylic acids is 1. The number of halogens is 7. The van der Waals surface area contributed by atoms with Crippen LogP contribution in [0.25, 0.3) is 6.08 Å². The fourth-order valence-electron chi connectivity index (χ4n) is 1.56. The Bertz CT molecular complexity index is 604. The first-order valence-electron chi connectivity index (χ1n) is 6.47. The molecule has 3 nitrogen and oxygen atoms in total. The molecule has 0 aromatic heterocycles. The molecule has 10 heteroatoms. The molecule has 1 aliphatic rings. The molecule has 1 aromatic carbocycles. The third kappa shape index (κ3) is 6.19. The summed E-state index contributed by atoms with van der Waals surface area (Å²) in [5, 5.41) is 10.2. The van der Waals surface area contributed by atoms with Gasteiger partial charge in [0.15, 0.2) is 0 Å². The van der Waals surface area contributed by atoms with Crippen LogP contribution in [0.15, 0.2) is 24.3 Å². The Morgan fingerprint density at radius 1 is 1.17 bits per heavy atom. The van der Waals surface area contributed by atoms with Crippen molar-refractivity contribution in [3.63, 3.8) is 0 Å². The SMILES string of the molecule is Fc1cc(/C=C/C2CNC2)ccc1C(F)(F)F.O=C(O)C(F)(F)F. The number of alkyl halides is 6. The van der Waals surface area contributed by atoms with Crippen molar-refractivity contribution >= 4 is 12.0 Å². The number of carboxylic acids is 1. The van der Waals surface area contributed by atoms with Gasteiger partial charge in [-0.1, -0.05) is 18.2 Å². The molecule has 1 fully saturated rings. The summed E-state index contributed by atoms with van der Waals surface area (Å²) >= 11 is 0. The van der Waals surface area contributed by atoms with Crippen molar-refractivity contribution in [2.75, 3.05) is 13.1 Å². The van der Waals surface area contributed by atoms with Crippen molar-refractivity contribution in [1.29, 1.82) is 0 Å². The van der Waals surface area contributed by atoms with Crippen molar-refractivity contribution in [2.24, 2.45) is 5.92 Å². The fourth-order valence-corrected chi connectivity index (χ4v) is 1.56. The lowest BCUT2D eigenvalue weighted by atomic mass is 10.0. The normalized spacial score (nSPS) is 15.6. The smallest absolute Gasteiger partial charge is 0.475 e. The number of hydrogen-bond donors (Lipinski definition) is 2. The molecular weight excluding hydrogens is 347 g/mol. The van der Waals surface area contributed by atoms with Crippen LogP contribution in [0, 0.1) is 11.7 Å². The van der Waals surface area contributed by atoms with E-state index in [1.54, 1.807) is 6.08 Å². The average molecular weight is 359 g/mol. The summed E-state index contributed by atoms with van der Waals surface area (Å²) in [5.74, 6) is -3.60. The van der Waals surface area contributed by atoms with Crippen LogP contribution in [-0.4, -0.2) is 30.3 Å². The molecule has 0 unspecified atom stereocenters. The molecule has 134 valence electrons. The summed E-state index contributed by atoms with van der Waals surface area (Å²) in [5.41, 5.74) is -0.776. The first kappa shape index (κ1) is 19.9. The molecule has 0 radical (unpaired) electrons. The summed E-state index contributed by atoms with van der Waals surface area (Å²) in [6, 6.07) is 2.95. The van der Waals surface area contributed by atoms with Crippen LogP contribution in [0.3, 0.4) is 0 Å². The highest BCUT2D eigenvalue weighted by molar-refractivity contribution is 5.73. The summed E-state index contributed by atoms with van der Waals surface area (Å²) in [7, 11) is 0. The maximum atomic E-state index is 13.2. The van der Waals surface area contributed by atoms with Crippen LogP contribution in [0.2, 0.25) is 0 Å². The minimum Gasteiger partial charge on any atom is -0.475 e. The molecule has 1 saturated heterocycles. The molecule has 0 bridgehead atoms. The minimum atomic E-state index is -5.08. The summed E-state index contributed by atoms with van der Waals surface area (Å²) in [4.78, 5) is 8.90. The van der Waals surface area contributed by atoms with E-state index >= 15 is 0 Å². The first-order chi connectivity index (χ1) is 10.9. The van der Waals surface area contributed by atoms with Gasteiger partial charge in [0.25, 0.3) is 0 Å². The largest absolute Gasteiger partial charge is 0.490 e. The van der Waals surface area contributed by atoms with Gasteiger partial charge in [-0.05, 0) is 17.7 Å². The molecule has 0 atom stereocenters. The number of carbonyl (C=O) groups is 1. The number of hydrogen-bond acceptors (Lipinski definition) is 2. The lowest BCUT2D eigenvalue weighted by molar-refractivity contribution is -0.192. The maximum Gasteiger partial charge on any atom is 0.490 e. The van der Waals surface area contributed by atoms with Crippen LogP contribution in [-0.2, 0) is 11.0 Å². The Morgan fingerprint density at radius 3 is 2.04 bits per heavy atom. The highest BCUT2D eigenvalue weighted by Gasteiger charge is 2.38. The zero-order valence-electron chi connectivity index (χ0n) is 11.9. The van der Waals surface area contributed by atoms with Crippen LogP contribution in [0.4, 0.5) is 30.7 Å². The third-order valence-electron chi connectivity index (χ3n) is 2.91. The molecule has 2 N–H and O–H groups in total. The Hall–Kier alpha value is -2.10. The van der Waals surface area contributed by atoms with Crippen molar-refractivity contribution in [1.82, 2.24) is 5.32 Å². The predicted molar refractivity (Wildman–Crippen MR) is 70.5 cm³/mol. The van der Waals surface area contributed by atoms with Gasteiger partial charge < -0.3 is 10.4 Å². The Labute approximate surface area is 131 Å². The van der Waals surface area contributed by atoms with Gasteiger partial charge >= 0.3 is 18.3 Å². The summed E-state index contributed by atoms with van der Waals surface area (Å²) < 4.78 is 81.8. The second-order valence-electron chi connectivity index (χ2n) is 4.82. The van der Waals surface area contributed by atoms with E-state index in [0.29, 0.717) is 11.5 Å². The topological polar surface area (TPSA) is 49.3 Å². The molecule has 0 amide bonds. The molecule has 0 spiro atoms. The van der Waals surface area contributed by atoms with E-state index in [1.165, 1.54) is 6.07 Å². The second kappa shape index (κ2) is 7.65. The van der Waals surface area contributed by atoms with Gasteiger partial charge in [-0.3, -0.25) is 0 Å². The average Bonchev–Trinajstić information content (AvgIpc) is 2.34. The van der Waals surface area contributed by atoms with E-state index in [2.05, 4.69) is 5.32 Å². The second-order valence-corrected chi connectivity index (χ2v) is 4.82. The quantitative estimate of drug-likeness (QED) is 0.792. The van der Waals surface area contributed by atoms with E-state index in [4.69, 9.17) is 9.90 Å². The molecule has 1 aromatic rings. The number of benzene rings is 1. The third-order valence-corrected chi connectivity index (χ3v) is 2.91. The Morgan fingerprint density at radius 2 is 1.71 bits per heavy atom. The van der Waals surface area contributed by atoms with Crippen LogP contribution < -0.4 is 5.32 Å². The molecule has 0 aliphatic carbocycles. The van der Waals surface area contributed by atoms with Crippen molar-refractivity contribution < 1.29 is 40.6 Å². The Balaban J connectivity index is 0.000000351. The monoisotopic (exact) mass is 359 g/mol. The van der Waals surface area contributed by atoms with Crippen molar-refractivity contribution in [3.05, 3.63) is 41.2 Å². The van der Waals surface area contributed by atoms with Gasteiger partial charge in [0.2, 0.25) is 0 Å². The fraction of sp³-hybridized carbons (Fsp3) is 0.357. The standard InChI is InChI=1S/C12H11F4N.C2HF3O2/c13-11-5-8(1-2-9-6-17-7-9)3-4-10(11)12(14,15)16;3-2(4,5)1(6)7/h1-5,9,17H,6-7H2;(H,6,7)/b2-1+;. The number of rotatable bonds is 2. The van der Waals surface area contributed by atoms with Gasteiger partial charge in [0, 0.05) is 19.0 Å². The molecule has 24 heavy (non-hydrogen) atoms. The van der Waals surface area contributed by atoms with E-state index in [9.17, 15) is 30.7 Å². The summed E-state index contributed by atoms with van der Waals surface area (Å²) in [6.07, 6.45) is -6.20. The van der Waals surface area contributed by atoms with Crippen molar-refractivity contribution in [3.8, 4) is 0 Å². The van der Waals surface area contributed by atoms with Gasteiger partial charge in [0.1, 0.15) is 5.82 Å². The molecule has 2 rings (SSSR count). The molecule has 1 aliphatic heterocycles. The highest BCUT2D eigenvalue weighted by atomic mass is 19.4. The van der Waals surface area contributed by atoms with E-state index in [1.807, 2.05) is 6.08 Å². The zero-order chi connectivity index (χ0) is 18.5. The zero-order valence-corrected chi connectivity index (χ0v) is 11.9. The van der Waals surface area contributed by atoms with Crippen LogP contribution in [0.1, 0.15) is 11.1 Å². The lowest BCUT2D eigenvalue weighted by Gasteiger charge is -2.23. The molecule has 0 saturated carbocycles. The lowest BCUT2D eigenvalue weighted by Crippen LogP contribution is -2.40. The van der Waals surface area contributed by atoms with Gasteiger partial charge in [-0.15, -0.1) is 0 Å². The number of nitrogens with one attached hydrogen (secondary N) is 1. The molecule has 1 heterocycles. The van der Waals surface area contributed by atoms with Gasteiger partial charge in [-0.2, -0.15) is 26.3 Å². The van der Waals surface area contributed by atoms with Gasteiger partial charge in [0.05, 0.1) is 5.56 Å². The maximum absolute atomic E-state index is 13.2. The highest BCUT2D eigenvalue weighted by Crippen LogP contribution is 2.31. The van der Waals surface area contributed by atoms with Crippen LogP contribution in [0.5, 0.6) is 0 Å². The van der Waals surface area contributed by atoms with Crippen LogP contribution >= 0.6 is 0 Å². The van der Waals surface area contributed by atoms with E-state index in [0.717, 1.165) is 25.2 Å².